The summed E-state index contributed by atoms with van der Waals surface area (Å²) in [5, 5.41) is 5.11. The van der Waals surface area contributed by atoms with E-state index in [0.29, 0.717) is 5.92 Å². The topological polar surface area (TPSA) is 25.1 Å². The van der Waals surface area contributed by atoms with E-state index in [1.165, 1.54) is 77.3 Å². The summed E-state index contributed by atoms with van der Waals surface area (Å²) >= 11 is 0. The van der Waals surface area contributed by atoms with Crippen molar-refractivity contribution in [3.05, 3.63) is 138 Å². The molecule has 0 fully saturated rings. The minimum Gasteiger partial charge on any atom is -0.293 e. The van der Waals surface area contributed by atoms with Crippen molar-refractivity contribution in [3.8, 4) is 22.5 Å². The average Bonchev–Trinajstić information content (AvgIpc) is 3.61. The summed E-state index contributed by atoms with van der Waals surface area (Å²) in [6.45, 7) is 16.1. The van der Waals surface area contributed by atoms with Crippen LogP contribution in [0.3, 0.4) is 0 Å². The molecule has 0 N–H and O–H groups in total. The minimum atomic E-state index is 0.0174. The second-order valence-electron chi connectivity index (χ2n) is 15.9. The Bertz CT molecular complexity index is 2720. The van der Waals surface area contributed by atoms with Crippen LogP contribution in [0, 0.1) is 13.8 Å². The van der Waals surface area contributed by atoms with Gasteiger partial charge in [0, 0.05) is 56.3 Å². The van der Waals surface area contributed by atoms with E-state index in [4.69, 9.17) is 11.6 Å². The van der Waals surface area contributed by atoms with Crippen molar-refractivity contribution >= 4 is 43.9 Å². The molecule has 0 saturated carbocycles. The van der Waals surface area contributed by atoms with Gasteiger partial charge < -0.3 is 0 Å². The van der Waals surface area contributed by atoms with Crippen LogP contribution < -0.4 is 9.13 Å². The lowest BCUT2D eigenvalue weighted by atomic mass is 9.78. The number of hydrogen-bond acceptors (Lipinski definition) is 1. The van der Waals surface area contributed by atoms with E-state index in [1.807, 2.05) is 0 Å². The monoisotopic (exact) mass is 650 g/mol. The molecule has 0 radical (unpaired) electrons. The van der Waals surface area contributed by atoms with Crippen LogP contribution in [-0.4, -0.2) is 9.38 Å². The summed E-state index contributed by atoms with van der Waals surface area (Å²) in [5.41, 5.74) is 16.1. The number of hydrogen-bond donors (Lipinski definition) is 0. The van der Waals surface area contributed by atoms with Crippen LogP contribution in [0.4, 0.5) is 0 Å². The predicted molar refractivity (Wildman–Crippen MR) is 205 cm³/mol. The van der Waals surface area contributed by atoms with Crippen molar-refractivity contribution < 1.29 is 9.13 Å². The normalized spacial score (nSPS) is 17.5. The van der Waals surface area contributed by atoms with Gasteiger partial charge in [-0.2, -0.15) is 9.13 Å². The van der Waals surface area contributed by atoms with E-state index in [0.717, 1.165) is 36.3 Å². The maximum absolute atomic E-state index is 5.73. The lowest BCUT2D eigenvalue weighted by Gasteiger charge is -2.31. The van der Waals surface area contributed by atoms with Gasteiger partial charge in [0.05, 0.1) is 28.7 Å². The summed E-state index contributed by atoms with van der Waals surface area (Å²) in [5.74, 6) is 0.322. The van der Waals surface area contributed by atoms with Gasteiger partial charge in [0.15, 0.2) is 24.1 Å². The molecule has 0 aliphatic carbocycles. The van der Waals surface area contributed by atoms with Crippen LogP contribution in [0.15, 0.2) is 110 Å². The Morgan fingerprint density at radius 1 is 0.760 bits per heavy atom. The van der Waals surface area contributed by atoms with Crippen LogP contribution in [0.2, 0.25) is 0 Å². The highest BCUT2D eigenvalue weighted by Gasteiger charge is 2.42. The number of para-hydroxylation sites is 1. The second-order valence-corrected chi connectivity index (χ2v) is 15.9. The summed E-state index contributed by atoms with van der Waals surface area (Å²) in [6, 6.07) is 34.6. The third-order valence-corrected chi connectivity index (χ3v) is 11.7. The zero-order valence-corrected chi connectivity index (χ0v) is 29.6. The fourth-order valence-corrected chi connectivity index (χ4v) is 9.17. The Morgan fingerprint density at radius 2 is 1.48 bits per heavy atom. The molecule has 2 aliphatic rings. The summed E-state index contributed by atoms with van der Waals surface area (Å²) in [7, 11) is 0. The third-order valence-electron chi connectivity index (χ3n) is 11.7. The largest absolute Gasteiger partial charge is 0.293 e. The first-order chi connectivity index (χ1) is 24.2. The highest BCUT2D eigenvalue weighted by molar-refractivity contribution is 6.23. The van der Waals surface area contributed by atoms with Gasteiger partial charge in [0.1, 0.15) is 5.65 Å². The Balaban J connectivity index is 1.27. The van der Waals surface area contributed by atoms with Gasteiger partial charge in [0.2, 0.25) is 11.4 Å². The summed E-state index contributed by atoms with van der Waals surface area (Å²) < 4.78 is 7.36. The number of rotatable bonds is 0. The smallest absolute Gasteiger partial charge is 0.219 e. The highest BCUT2D eigenvalue weighted by atomic mass is 15.1. The minimum absolute atomic E-state index is 0.0174. The maximum atomic E-state index is 5.73. The third kappa shape index (κ3) is 4.14. The molecule has 2 aliphatic heterocycles. The SMILES string of the molecule is C=C1CC2C(CCc3nc4c(cc3-c3ccc(C)c[n+]31)c1cc(C(C)(C)C)cc3c5ccccc5n4c31)c1ccccc1-c1ccc(C)c[n+]12. The molecule has 7 heterocycles. The lowest BCUT2D eigenvalue weighted by molar-refractivity contribution is -0.720. The van der Waals surface area contributed by atoms with Crippen molar-refractivity contribution in [1.29, 1.82) is 0 Å². The molecule has 50 heavy (non-hydrogen) atoms. The van der Waals surface area contributed by atoms with Crippen molar-refractivity contribution in [2.24, 2.45) is 0 Å². The van der Waals surface area contributed by atoms with E-state index in [-0.39, 0.29) is 11.5 Å². The van der Waals surface area contributed by atoms with Crippen LogP contribution in [0.5, 0.6) is 0 Å². The van der Waals surface area contributed by atoms with Gasteiger partial charge in [-0.3, -0.25) is 4.40 Å². The van der Waals surface area contributed by atoms with E-state index in [9.17, 15) is 0 Å². The lowest BCUT2D eigenvalue weighted by Crippen LogP contribution is -2.49. The van der Waals surface area contributed by atoms with Gasteiger partial charge in [0.25, 0.3) is 0 Å². The first-order valence-electron chi connectivity index (χ1n) is 18.1. The number of nitrogens with zero attached hydrogens (tertiary/aromatic N) is 4. The zero-order chi connectivity index (χ0) is 34.1. The number of pyridine rings is 3. The summed E-state index contributed by atoms with van der Waals surface area (Å²) in [4.78, 5) is 5.73. The van der Waals surface area contributed by atoms with Crippen LogP contribution in [-0.2, 0) is 11.8 Å². The highest BCUT2D eigenvalue weighted by Crippen LogP contribution is 2.46. The van der Waals surface area contributed by atoms with Crippen molar-refractivity contribution in [2.45, 2.75) is 71.3 Å². The molecule has 4 heteroatoms. The fourth-order valence-electron chi connectivity index (χ4n) is 9.17. The first kappa shape index (κ1) is 29.6. The van der Waals surface area contributed by atoms with E-state index in [1.54, 1.807) is 0 Å². The van der Waals surface area contributed by atoms with Crippen molar-refractivity contribution in [1.82, 2.24) is 9.38 Å². The molecule has 0 spiro atoms. The molecular weight excluding hydrogens is 609 g/mol. The molecule has 2 atom stereocenters. The molecule has 5 aromatic heterocycles. The maximum Gasteiger partial charge on any atom is 0.219 e. The molecule has 8 aromatic rings. The van der Waals surface area contributed by atoms with Crippen LogP contribution in [0.25, 0.3) is 66.4 Å². The molecule has 0 saturated heterocycles. The molecule has 4 nitrogen and oxygen atoms in total. The molecule has 2 unspecified atom stereocenters. The first-order valence-corrected chi connectivity index (χ1v) is 18.1. The molecular formula is C46H42N4+2. The Labute approximate surface area is 293 Å². The number of aryl methyl sites for hydroxylation is 3. The van der Waals surface area contributed by atoms with Gasteiger partial charge >= 0.3 is 0 Å². The number of aromatic nitrogens is 4. The quantitative estimate of drug-likeness (QED) is 0.150. The van der Waals surface area contributed by atoms with E-state index < -0.39 is 0 Å². The summed E-state index contributed by atoms with van der Waals surface area (Å²) in [6.07, 6.45) is 7.38. The van der Waals surface area contributed by atoms with E-state index >= 15 is 0 Å². The molecule has 0 bridgehead atoms. The number of benzene rings is 3. The van der Waals surface area contributed by atoms with Gasteiger partial charge in [-0.25, -0.2) is 4.98 Å². The average molecular weight is 651 g/mol. The van der Waals surface area contributed by atoms with Crippen molar-refractivity contribution in [2.75, 3.05) is 0 Å². The zero-order valence-electron chi connectivity index (χ0n) is 29.6. The van der Waals surface area contributed by atoms with Crippen LogP contribution >= 0.6 is 0 Å². The Kier molecular flexibility index (Phi) is 6.11. The Morgan fingerprint density at radius 3 is 2.30 bits per heavy atom. The van der Waals surface area contributed by atoms with Crippen LogP contribution in [0.1, 0.15) is 73.5 Å². The predicted octanol–water partition coefficient (Wildman–Crippen LogP) is 10.2. The molecule has 244 valence electrons. The van der Waals surface area contributed by atoms with Gasteiger partial charge in [-0.15, -0.1) is 0 Å². The standard InChI is InChI=1S/C46H42N4/c1-27-16-20-41-38-24-37-36-23-30(46(4,5)6)22-35-33-13-9-10-14-42(33)50(44(35)36)45(37)47-39(38)18-17-34-31-11-7-8-12-32(31)40-19-15-28(2)26-49(40)43(34)21-29(3)48(41)25-27/h7-16,19-20,22-26,34,43H,3,17-18,21H2,1-2,4-6H3/q+2. The van der Waals surface area contributed by atoms with E-state index in [2.05, 4.69) is 152 Å². The van der Waals surface area contributed by atoms with Gasteiger partial charge in [-0.1, -0.05) is 57.2 Å². The molecule has 3 aromatic carbocycles. The Hall–Kier alpha value is -5.35. The van der Waals surface area contributed by atoms with Gasteiger partial charge in [-0.05, 0) is 92.3 Å². The second kappa shape index (κ2) is 10.3. The molecule has 0 amide bonds. The number of fused-ring (bicyclic) bond motifs is 15. The number of allylic oxidation sites excluding steroid dienone is 1. The molecule has 10 rings (SSSR count). The fraction of sp³-hybridized carbons (Fsp3) is 0.239. The van der Waals surface area contributed by atoms with Crippen molar-refractivity contribution in [3.63, 3.8) is 0 Å².